The molecule has 1 atom stereocenters. The number of carboxylic acids is 1. The minimum Gasteiger partial charge on any atom is -0.481 e. The van der Waals surface area contributed by atoms with Crippen molar-refractivity contribution in [1.29, 1.82) is 0 Å². The highest BCUT2D eigenvalue weighted by Crippen LogP contribution is 2.21. The molecule has 0 aliphatic carbocycles. The van der Waals surface area contributed by atoms with Crippen LogP contribution in [0.1, 0.15) is 26.7 Å². The molecule has 2 heterocycles. The summed E-state index contributed by atoms with van der Waals surface area (Å²) < 4.78 is 0. The number of hydrogen-bond acceptors (Lipinski definition) is 4. The minimum atomic E-state index is -0.709. The van der Waals surface area contributed by atoms with Crippen molar-refractivity contribution >= 4 is 5.97 Å². The molecule has 0 saturated carbocycles. The van der Waals surface area contributed by atoms with Crippen LogP contribution in [-0.2, 0) is 4.79 Å². The average molecular weight is 255 g/mol. The Hall–Kier alpha value is -0.650. The fraction of sp³-hybridized carbons (Fsp3) is 0.923. The largest absolute Gasteiger partial charge is 0.481 e. The van der Waals surface area contributed by atoms with Gasteiger partial charge in [0, 0.05) is 25.7 Å². The van der Waals surface area contributed by atoms with Gasteiger partial charge in [0.2, 0.25) is 0 Å². The fourth-order valence-corrected chi connectivity index (χ4v) is 2.89. The summed E-state index contributed by atoms with van der Waals surface area (Å²) >= 11 is 0. The predicted molar refractivity (Wildman–Crippen MR) is 70.7 cm³/mol. The van der Waals surface area contributed by atoms with Gasteiger partial charge in [-0.15, -0.1) is 0 Å². The number of aliphatic carboxylic acids is 1. The van der Waals surface area contributed by atoms with Gasteiger partial charge in [-0.05, 0) is 39.3 Å². The zero-order chi connectivity index (χ0) is 13.2. The molecule has 0 spiro atoms. The standard InChI is InChI=1S/C13H25N3O2/c1-10(2)16-4-3-11(7-16)6-15-13(5-12(17)18)8-14-9-13/h10-11,14-15H,3-9H2,1-2H3,(H,17,18). The Morgan fingerprint density at radius 2 is 2.28 bits per heavy atom. The Labute approximate surface area is 109 Å². The summed E-state index contributed by atoms with van der Waals surface area (Å²) in [6, 6.07) is 0.619. The van der Waals surface area contributed by atoms with Crippen LogP contribution in [0, 0.1) is 5.92 Å². The highest BCUT2D eigenvalue weighted by molar-refractivity contribution is 5.68. The van der Waals surface area contributed by atoms with E-state index in [1.54, 1.807) is 0 Å². The number of nitrogens with one attached hydrogen (secondary N) is 2. The van der Waals surface area contributed by atoms with Gasteiger partial charge in [-0.1, -0.05) is 0 Å². The van der Waals surface area contributed by atoms with Crippen molar-refractivity contribution < 1.29 is 9.90 Å². The lowest BCUT2D eigenvalue weighted by atomic mass is 9.88. The van der Waals surface area contributed by atoms with E-state index in [1.165, 1.54) is 13.0 Å². The van der Waals surface area contributed by atoms with Gasteiger partial charge >= 0.3 is 5.97 Å². The summed E-state index contributed by atoms with van der Waals surface area (Å²) in [5.74, 6) is -0.0436. The third-order valence-corrected chi connectivity index (χ3v) is 4.23. The summed E-state index contributed by atoms with van der Waals surface area (Å²) in [4.78, 5) is 13.4. The van der Waals surface area contributed by atoms with Gasteiger partial charge in [-0.2, -0.15) is 0 Å². The van der Waals surface area contributed by atoms with E-state index in [9.17, 15) is 4.79 Å². The molecule has 5 nitrogen and oxygen atoms in total. The third kappa shape index (κ3) is 3.22. The van der Waals surface area contributed by atoms with Crippen LogP contribution in [-0.4, -0.2) is 60.3 Å². The van der Waals surface area contributed by atoms with Crippen LogP contribution < -0.4 is 10.6 Å². The molecule has 0 aromatic carbocycles. The van der Waals surface area contributed by atoms with Gasteiger partial charge < -0.3 is 20.6 Å². The Balaban J connectivity index is 1.76. The lowest BCUT2D eigenvalue weighted by Crippen LogP contribution is -2.69. The number of likely N-dealkylation sites (tertiary alicyclic amines) is 1. The van der Waals surface area contributed by atoms with Crippen molar-refractivity contribution in [3.05, 3.63) is 0 Å². The number of rotatable bonds is 6. The average Bonchev–Trinajstić information content (AvgIpc) is 2.70. The maximum atomic E-state index is 10.9. The zero-order valence-corrected chi connectivity index (χ0v) is 11.4. The van der Waals surface area contributed by atoms with Crippen molar-refractivity contribution in [1.82, 2.24) is 15.5 Å². The summed E-state index contributed by atoms with van der Waals surface area (Å²) in [7, 11) is 0. The molecule has 2 aliphatic heterocycles. The van der Waals surface area contributed by atoms with Crippen LogP contribution in [0.2, 0.25) is 0 Å². The van der Waals surface area contributed by atoms with Crippen molar-refractivity contribution in [3.63, 3.8) is 0 Å². The maximum Gasteiger partial charge on any atom is 0.305 e. The first-order valence-corrected chi connectivity index (χ1v) is 6.92. The Bertz CT molecular complexity index is 303. The van der Waals surface area contributed by atoms with E-state index in [4.69, 9.17) is 5.11 Å². The van der Waals surface area contributed by atoms with E-state index in [1.807, 2.05) is 0 Å². The summed E-state index contributed by atoms with van der Waals surface area (Å²) in [5, 5.41) is 15.6. The van der Waals surface area contributed by atoms with Crippen LogP contribution in [0.25, 0.3) is 0 Å². The number of carboxylic acid groups (broad SMARTS) is 1. The van der Waals surface area contributed by atoms with E-state index in [0.29, 0.717) is 12.0 Å². The normalized spacial score (nSPS) is 27.4. The number of carbonyl (C=O) groups is 1. The van der Waals surface area contributed by atoms with Crippen LogP contribution in [0.4, 0.5) is 0 Å². The van der Waals surface area contributed by atoms with Crippen molar-refractivity contribution in [2.45, 2.75) is 38.3 Å². The first-order chi connectivity index (χ1) is 8.51. The lowest BCUT2D eigenvalue weighted by Gasteiger charge is -2.43. The molecular formula is C13H25N3O2. The minimum absolute atomic E-state index is 0.197. The van der Waals surface area contributed by atoms with E-state index < -0.39 is 5.97 Å². The van der Waals surface area contributed by atoms with E-state index in [0.717, 1.165) is 26.2 Å². The van der Waals surface area contributed by atoms with Crippen LogP contribution in [0.15, 0.2) is 0 Å². The molecule has 2 rings (SSSR count). The van der Waals surface area contributed by atoms with Crippen molar-refractivity contribution in [2.24, 2.45) is 5.92 Å². The highest BCUT2D eigenvalue weighted by atomic mass is 16.4. The fourth-order valence-electron chi connectivity index (χ4n) is 2.89. The smallest absolute Gasteiger partial charge is 0.305 e. The summed E-state index contributed by atoms with van der Waals surface area (Å²) in [5.41, 5.74) is -0.197. The Morgan fingerprint density at radius 1 is 1.56 bits per heavy atom. The van der Waals surface area contributed by atoms with Gasteiger partial charge in [0.15, 0.2) is 0 Å². The monoisotopic (exact) mass is 255 g/mol. The van der Waals surface area contributed by atoms with Crippen molar-refractivity contribution in [3.8, 4) is 0 Å². The second kappa shape index (κ2) is 5.55. The number of hydrogen-bond donors (Lipinski definition) is 3. The molecule has 5 heteroatoms. The third-order valence-electron chi connectivity index (χ3n) is 4.23. The maximum absolute atomic E-state index is 10.9. The van der Waals surface area contributed by atoms with E-state index in [2.05, 4.69) is 29.4 Å². The molecule has 104 valence electrons. The molecule has 0 bridgehead atoms. The molecule has 1 unspecified atom stereocenters. The molecule has 0 amide bonds. The molecule has 0 radical (unpaired) electrons. The number of nitrogens with zero attached hydrogens (tertiary/aromatic N) is 1. The van der Waals surface area contributed by atoms with Gasteiger partial charge in [0.1, 0.15) is 0 Å². The SMILES string of the molecule is CC(C)N1CCC(CNC2(CC(=O)O)CNC2)C1. The van der Waals surface area contributed by atoms with Crippen LogP contribution in [0.3, 0.4) is 0 Å². The second-order valence-electron chi connectivity index (χ2n) is 6.08. The Kier molecular flexibility index (Phi) is 4.25. The molecule has 2 fully saturated rings. The van der Waals surface area contributed by atoms with E-state index >= 15 is 0 Å². The topological polar surface area (TPSA) is 64.6 Å². The van der Waals surface area contributed by atoms with Crippen LogP contribution in [0.5, 0.6) is 0 Å². The summed E-state index contributed by atoms with van der Waals surface area (Å²) in [6.07, 6.45) is 1.45. The zero-order valence-electron chi connectivity index (χ0n) is 11.4. The molecule has 18 heavy (non-hydrogen) atoms. The van der Waals surface area contributed by atoms with Crippen LogP contribution >= 0.6 is 0 Å². The predicted octanol–water partition coefficient (Wildman–Crippen LogP) is 0.123. The first kappa shape index (κ1) is 13.8. The lowest BCUT2D eigenvalue weighted by molar-refractivity contribution is -0.139. The van der Waals surface area contributed by atoms with Gasteiger partial charge in [-0.25, -0.2) is 0 Å². The molecule has 0 aromatic rings. The highest BCUT2D eigenvalue weighted by Gasteiger charge is 2.39. The van der Waals surface area contributed by atoms with Gasteiger partial charge in [0.05, 0.1) is 12.0 Å². The van der Waals surface area contributed by atoms with E-state index in [-0.39, 0.29) is 12.0 Å². The Morgan fingerprint density at radius 3 is 2.72 bits per heavy atom. The molecule has 3 N–H and O–H groups in total. The second-order valence-corrected chi connectivity index (χ2v) is 6.08. The van der Waals surface area contributed by atoms with Gasteiger partial charge in [-0.3, -0.25) is 4.79 Å². The molecule has 2 aliphatic rings. The van der Waals surface area contributed by atoms with Crippen molar-refractivity contribution in [2.75, 3.05) is 32.7 Å². The molecule has 0 aromatic heterocycles. The first-order valence-electron chi connectivity index (χ1n) is 6.92. The molecular weight excluding hydrogens is 230 g/mol. The quantitative estimate of drug-likeness (QED) is 0.629. The molecule has 2 saturated heterocycles. The summed E-state index contributed by atoms with van der Waals surface area (Å²) in [6.45, 7) is 9.28. The van der Waals surface area contributed by atoms with Gasteiger partial charge in [0.25, 0.3) is 0 Å².